The molecule has 2 N–H and O–H groups in total. The minimum atomic E-state index is -0.413. The van der Waals surface area contributed by atoms with Crippen LogP contribution in [0.25, 0.3) is 5.69 Å². The number of rotatable bonds is 5. The zero-order chi connectivity index (χ0) is 19.2. The molecule has 0 spiro atoms. The Morgan fingerprint density at radius 2 is 1.81 bits per heavy atom. The minimum Gasteiger partial charge on any atom is -0.335 e. The fraction of sp³-hybridized carbons (Fsp3) is 0.474. The number of nitrogens with one attached hydrogen (secondary N) is 2. The third kappa shape index (κ3) is 5.32. The molecule has 0 atom stereocenters. The number of imide groups is 1. The van der Waals surface area contributed by atoms with Crippen molar-refractivity contribution in [3.8, 4) is 5.69 Å². The minimum absolute atomic E-state index is 0.0993. The molecular weight excluding hydrogens is 362 g/mol. The van der Waals surface area contributed by atoms with Crippen molar-refractivity contribution in [3.05, 3.63) is 35.7 Å². The van der Waals surface area contributed by atoms with Crippen molar-refractivity contribution >= 4 is 23.7 Å². The number of hydrogen-bond donors (Lipinski definition) is 2. The Morgan fingerprint density at radius 3 is 2.52 bits per heavy atom. The molecule has 1 heterocycles. The van der Waals surface area contributed by atoms with Crippen LogP contribution in [0.15, 0.2) is 29.4 Å². The molecule has 0 radical (unpaired) electrons. The van der Waals surface area contributed by atoms with E-state index in [1.54, 1.807) is 0 Å². The Hall–Kier alpha value is -2.35. The van der Waals surface area contributed by atoms with Gasteiger partial charge in [0.2, 0.25) is 5.91 Å². The van der Waals surface area contributed by atoms with E-state index in [0.29, 0.717) is 5.16 Å². The summed E-state index contributed by atoms with van der Waals surface area (Å²) in [5.41, 5.74) is 2.11. The molecule has 1 aromatic heterocycles. The molecule has 3 rings (SSSR count). The molecule has 8 heteroatoms. The Bertz CT molecular complexity index is 797. The SMILES string of the molecule is Cc1ccc(-n2c(C)nnc2SCC(=O)NC(=O)NC2CCCCC2)cc1. The van der Waals surface area contributed by atoms with Gasteiger partial charge in [0, 0.05) is 11.7 Å². The lowest BCUT2D eigenvalue weighted by Crippen LogP contribution is -2.45. The highest BCUT2D eigenvalue weighted by atomic mass is 32.2. The molecule has 0 saturated heterocycles. The molecule has 27 heavy (non-hydrogen) atoms. The lowest BCUT2D eigenvalue weighted by Gasteiger charge is -2.22. The van der Waals surface area contributed by atoms with Gasteiger partial charge in [0.05, 0.1) is 5.75 Å². The van der Waals surface area contributed by atoms with Gasteiger partial charge in [-0.3, -0.25) is 14.7 Å². The molecule has 2 aromatic rings. The number of carbonyl (C=O) groups excluding carboxylic acids is 2. The number of benzene rings is 1. The fourth-order valence-corrected chi connectivity index (χ4v) is 3.99. The predicted octanol–water partition coefficient (Wildman–Crippen LogP) is 3.13. The van der Waals surface area contributed by atoms with E-state index < -0.39 is 6.03 Å². The van der Waals surface area contributed by atoms with E-state index in [9.17, 15) is 9.59 Å². The average Bonchev–Trinajstić information content (AvgIpc) is 3.02. The van der Waals surface area contributed by atoms with Crippen LogP contribution >= 0.6 is 11.8 Å². The summed E-state index contributed by atoms with van der Waals surface area (Å²) in [7, 11) is 0. The van der Waals surface area contributed by atoms with Crippen molar-refractivity contribution < 1.29 is 9.59 Å². The van der Waals surface area contributed by atoms with Gasteiger partial charge in [0.25, 0.3) is 0 Å². The topological polar surface area (TPSA) is 88.9 Å². The highest BCUT2D eigenvalue weighted by Crippen LogP contribution is 2.22. The van der Waals surface area contributed by atoms with Crippen LogP contribution in [0.2, 0.25) is 0 Å². The number of carbonyl (C=O) groups is 2. The van der Waals surface area contributed by atoms with Gasteiger partial charge in [0.1, 0.15) is 5.82 Å². The molecule has 1 aliphatic carbocycles. The second-order valence-corrected chi connectivity index (χ2v) is 7.79. The first kappa shape index (κ1) is 19.4. The van der Waals surface area contributed by atoms with Crippen molar-refractivity contribution in [2.75, 3.05) is 5.75 Å². The Morgan fingerprint density at radius 1 is 1.11 bits per heavy atom. The third-order valence-electron chi connectivity index (χ3n) is 4.61. The zero-order valence-electron chi connectivity index (χ0n) is 15.7. The van der Waals surface area contributed by atoms with Gasteiger partial charge in [0.15, 0.2) is 5.16 Å². The van der Waals surface area contributed by atoms with Crippen molar-refractivity contribution in [2.45, 2.75) is 57.1 Å². The lowest BCUT2D eigenvalue weighted by molar-refractivity contribution is -0.117. The summed E-state index contributed by atoms with van der Waals surface area (Å²) in [6.45, 7) is 3.90. The summed E-state index contributed by atoms with van der Waals surface area (Å²) in [6.07, 6.45) is 5.44. The Balaban J connectivity index is 1.54. The molecule has 1 saturated carbocycles. The van der Waals surface area contributed by atoms with E-state index in [1.165, 1.54) is 23.7 Å². The largest absolute Gasteiger partial charge is 0.335 e. The molecular formula is C19H25N5O2S. The van der Waals surface area contributed by atoms with Gasteiger partial charge in [-0.25, -0.2) is 4.79 Å². The highest BCUT2D eigenvalue weighted by Gasteiger charge is 2.18. The molecule has 0 aliphatic heterocycles. The number of urea groups is 1. The maximum atomic E-state index is 12.1. The molecule has 7 nitrogen and oxygen atoms in total. The standard InChI is InChI=1S/C19H25N5O2S/c1-13-8-10-16(11-9-13)24-14(2)22-23-19(24)27-12-17(25)21-18(26)20-15-6-4-3-5-7-15/h8-11,15H,3-7,12H2,1-2H3,(H2,20,21,25,26). The van der Waals surface area contributed by atoms with Crippen LogP contribution in [0.5, 0.6) is 0 Å². The van der Waals surface area contributed by atoms with Crippen LogP contribution in [0.1, 0.15) is 43.5 Å². The number of aromatic nitrogens is 3. The Kier molecular flexibility index (Phi) is 6.49. The monoisotopic (exact) mass is 387 g/mol. The fourth-order valence-electron chi connectivity index (χ4n) is 3.19. The summed E-state index contributed by atoms with van der Waals surface area (Å²) >= 11 is 1.26. The van der Waals surface area contributed by atoms with Crippen molar-refractivity contribution in [1.29, 1.82) is 0 Å². The van der Waals surface area contributed by atoms with E-state index >= 15 is 0 Å². The van der Waals surface area contributed by atoms with E-state index in [4.69, 9.17) is 0 Å². The van der Waals surface area contributed by atoms with Crippen LogP contribution in [-0.4, -0.2) is 38.5 Å². The molecule has 3 amide bonds. The maximum Gasteiger partial charge on any atom is 0.321 e. The quantitative estimate of drug-likeness (QED) is 0.770. The molecule has 0 unspecified atom stereocenters. The summed E-state index contributed by atoms with van der Waals surface area (Å²) in [5, 5.41) is 14.2. The van der Waals surface area contributed by atoms with E-state index in [1.807, 2.05) is 42.7 Å². The van der Waals surface area contributed by atoms with Crippen LogP contribution in [0.3, 0.4) is 0 Å². The van der Waals surface area contributed by atoms with Gasteiger partial charge in [-0.2, -0.15) is 0 Å². The average molecular weight is 388 g/mol. The summed E-state index contributed by atoms with van der Waals surface area (Å²) in [6, 6.07) is 7.79. The van der Waals surface area contributed by atoms with Gasteiger partial charge in [-0.05, 0) is 38.8 Å². The Labute approximate surface area is 163 Å². The highest BCUT2D eigenvalue weighted by molar-refractivity contribution is 7.99. The smallest absolute Gasteiger partial charge is 0.321 e. The summed E-state index contributed by atoms with van der Waals surface area (Å²) < 4.78 is 1.90. The number of nitrogens with zero attached hydrogens (tertiary/aromatic N) is 3. The number of thioether (sulfide) groups is 1. The lowest BCUT2D eigenvalue weighted by atomic mass is 9.96. The first-order chi connectivity index (χ1) is 13.0. The molecule has 0 bridgehead atoms. The van der Waals surface area contributed by atoms with Crippen LogP contribution in [-0.2, 0) is 4.79 Å². The maximum absolute atomic E-state index is 12.1. The van der Waals surface area contributed by atoms with Crippen molar-refractivity contribution in [2.24, 2.45) is 0 Å². The van der Waals surface area contributed by atoms with Crippen LogP contribution in [0.4, 0.5) is 4.79 Å². The normalized spacial score (nSPS) is 14.7. The molecule has 144 valence electrons. The van der Waals surface area contributed by atoms with Crippen molar-refractivity contribution in [1.82, 2.24) is 25.4 Å². The number of amides is 3. The van der Waals surface area contributed by atoms with Crippen molar-refractivity contribution in [3.63, 3.8) is 0 Å². The van der Waals surface area contributed by atoms with Gasteiger partial charge in [-0.15, -0.1) is 10.2 Å². The summed E-state index contributed by atoms with van der Waals surface area (Å²) in [5.74, 6) is 0.503. The molecule has 1 aromatic carbocycles. The number of aryl methyl sites for hydroxylation is 2. The zero-order valence-corrected chi connectivity index (χ0v) is 16.5. The van der Waals surface area contributed by atoms with Gasteiger partial charge < -0.3 is 5.32 Å². The van der Waals surface area contributed by atoms with Crippen LogP contribution < -0.4 is 10.6 Å². The summed E-state index contributed by atoms with van der Waals surface area (Å²) in [4.78, 5) is 24.1. The molecule has 1 fully saturated rings. The van der Waals surface area contributed by atoms with Crippen LogP contribution in [0, 0.1) is 13.8 Å². The first-order valence-electron chi connectivity index (χ1n) is 9.25. The second kappa shape index (κ2) is 9.03. The third-order valence-corrected chi connectivity index (χ3v) is 5.54. The number of hydrogen-bond acceptors (Lipinski definition) is 5. The predicted molar refractivity (Wildman–Crippen MR) is 105 cm³/mol. The van der Waals surface area contributed by atoms with E-state index in [0.717, 1.165) is 37.2 Å². The van der Waals surface area contributed by atoms with E-state index in [-0.39, 0.29) is 17.7 Å². The first-order valence-corrected chi connectivity index (χ1v) is 10.2. The van der Waals surface area contributed by atoms with Gasteiger partial charge >= 0.3 is 6.03 Å². The second-order valence-electron chi connectivity index (χ2n) is 6.85. The molecule has 1 aliphatic rings. The van der Waals surface area contributed by atoms with Gasteiger partial charge in [-0.1, -0.05) is 48.7 Å². The van der Waals surface area contributed by atoms with E-state index in [2.05, 4.69) is 20.8 Å².